The number of ether oxygens (including phenoxy) is 2. The Morgan fingerprint density at radius 3 is 2.85 bits per heavy atom. The fourth-order valence-electron chi connectivity index (χ4n) is 3.49. The number of fused-ring (bicyclic) bond motifs is 1. The summed E-state index contributed by atoms with van der Waals surface area (Å²) in [6.07, 6.45) is 5.18. The van der Waals surface area contributed by atoms with E-state index in [4.69, 9.17) is 9.47 Å². The first-order chi connectivity index (χ1) is 9.80. The van der Waals surface area contributed by atoms with Crippen LogP contribution in [0.5, 0.6) is 11.5 Å². The molecule has 2 saturated heterocycles. The minimum Gasteiger partial charge on any atom is -0.497 e. The molecule has 0 amide bonds. The first-order valence-corrected chi connectivity index (χ1v) is 7.53. The van der Waals surface area contributed by atoms with Crippen molar-refractivity contribution in [1.29, 1.82) is 0 Å². The van der Waals surface area contributed by atoms with E-state index < -0.39 is 0 Å². The van der Waals surface area contributed by atoms with Gasteiger partial charge in [0.15, 0.2) is 0 Å². The number of nitrogens with one attached hydrogen (secondary N) is 1. The van der Waals surface area contributed by atoms with Crippen LogP contribution in [0.1, 0.15) is 25.7 Å². The number of piperidine rings is 1. The minimum absolute atomic E-state index is 0.552. The van der Waals surface area contributed by atoms with Crippen LogP contribution < -0.4 is 14.8 Å². The molecular weight excluding hydrogens is 252 g/mol. The lowest BCUT2D eigenvalue weighted by atomic mass is 9.97. The molecule has 2 heterocycles. The standard InChI is InChI=1S/C16H24N2O2/c1-19-14-5-6-15(16(11-14)20-2)17-12-7-9-18-8-3-4-13(18)10-12/h5-6,11-13,17H,3-4,7-10H2,1-2H3. The van der Waals surface area contributed by atoms with Gasteiger partial charge in [-0.15, -0.1) is 0 Å². The van der Waals surface area contributed by atoms with Gasteiger partial charge in [-0.25, -0.2) is 0 Å². The Morgan fingerprint density at radius 1 is 1.15 bits per heavy atom. The fraction of sp³-hybridized carbons (Fsp3) is 0.625. The number of nitrogens with zero attached hydrogens (tertiary/aromatic N) is 1. The molecule has 1 aromatic carbocycles. The van der Waals surface area contributed by atoms with Gasteiger partial charge >= 0.3 is 0 Å². The molecule has 1 N–H and O–H groups in total. The molecule has 1 aromatic rings. The lowest BCUT2D eigenvalue weighted by molar-refractivity contribution is 0.188. The summed E-state index contributed by atoms with van der Waals surface area (Å²) in [5.41, 5.74) is 1.07. The Balaban J connectivity index is 1.68. The summed E-state index contributed by atoms with van der Waals surface area (Å²) in [6.45, 7) is 2.52. The lowest BCUT2D eigenvalue weighted by Gasteiger charge is -2.35. The van der Waals surface area contributed by atoms with Crippen LogP contribution >= 0.6 is 0 Å². The van der Waals surface area contributed by atoms with E-state index in [0.717, 1.165) is 23.2 Å². The van der Waals surface area contributed by atoms with Gasteiger partial charge in [0.05, 0.1) is 19.9 Å². The zero-order chi connectivity index (χ0) is 13.9. The number of anilines is 1. The molecule has 2 unspecified atom stereocenters. The van der Waals surface area contributed by atoms with E-state index in [1.165, 1.54) is 38.8 Å². The third kappa shape index (κ3) is 2.70. The van der Waals surface area contributed by atoms with Crippen LogP contribution in [0.2, 0.25) is 0 Å². The maximum Gasteiger partial charge on any atom is 0.145 e. The van der Waals surface area contributed by atoms with Crippen molar-refractivity contribution in [2.24, 2.45) is 0 Å². The smallest absolute Gasteiger partial charge is 0.145 e. The lowest BCUT2D eigenvalue weighted by Crippen LogP contribution is -2.42. The van der Waals surface area contributed by atoms with Crippen molar-refractivity contribution < 1.29 is 9.47 Å². The molecule has 2 atom stereocenters. The maximum absolute atomic E-state index is 5.46. The quantitative estimate of drug-likeness (QED) is 0.917. The van der Waals surface area contributed by atoms with E-state index in [0.29, 0.717) is 6.04 Å². The fourth-order valence-corrected chi connectivity index (χ4v) is 3.49. The zero-order valence-electron chi connectivity index (χ0n) is 12.4. The Bertz CT molecular complexity index is 464. The van der Waals surface area contributed by atoms with Gasteiger partial charge in [-0.3, -0.25) is 0 Å². The van der Waals surface area contributed by atoms with E-state index in [1.807, 2.05) is 12.1 Å². The van der Waals surface area contributed by atoms with E-state index in [1.54, 1.807) is 14.2 Å². The molecule has 0 spiro atoms. The Hall–Kier alpha value is -1.42. The van der Waals surface area contributed by atoms with E-state index in [2.05, 4.69) is 16.3 Å². The van der Waals surface area contributed by atoms with Gasteiger partial charge in [0.1, 0.15) is 11.5 Å². The average molecular weight is 276 g/mol. The highest BCUT2D eigenvalue weighted by molar-refractivity contribution is 5.59. The summed E-state index contributed by atoms with van der Waals surface area (Å²) < 4.78 is 10.7. The molecular formula is C16H24N2O2. The Kier molecular flexibility index (Phi) is 4.01. The van der Waals surface area contributed by atoms with Crippen molar-refractivity contribution >= 4 is 5.69 Å². The number of methoxy groups -OCH3 is 2. The molecule has 2 aliphatic heterocycles. The summed E-state index contributed by atoms with van der Waals surface area (Å²) in [4.78, 5) is 2.64. The van der Waals surface area contributed by atoms with Crippen LogP contribution in [0.3, 0.4) is 0 Å². The second-order valence-electron chi connectivity index (χ2n) is 5.76. The molecule has 0 aromatic heterocycles. The highest BCUT2D eigenvalue weighted by atomic mass is 16.5. The van der Waals surface area contributed by atoms with Crippen molar-refractivity contribution in [3.05, 3.63) is 18.2 Å². The monoisotopic (exact) mass is 276 g/mol. The number of rotatable bonds is 4. The van der Waals surface area contributed by atoms with Crippen LogP contribution in [-0.4, -0.2) is 44.3 Å². The first-order valence-electron chi connectivity index (χ1n) is 7.53. The van der Waals surface area contributed by atoms with Gasteiger partial charge in [-0.1, -0.05) is 0 Å². The van der Waals surface area contributed by atoms with Crippen LogP contribution in [0.25, 0.3) is 0 Å². The predicted octanol–water partition coefficient (Wildman–Crippen LogP) is 2.74. The first kappa shape index (κ1) is 13.6. The van der Waals surface area contributed by atoms with E-state index in [-0.39, 0.29) is 0 Å². The van der Waals surface area contributed by atoms with Crippen LogP contribution in [0, 0.1) is 0 Å². The molecule has 3 rings (SSSR count). The third-order valence-corrected chi connectivity index (χ3v) is 4.59. The molecule has 0 bridgehead atoms. The number of hydrogen-bond acceptors (Lipinski definition) is 4. The summed E-state index contributed by atoms with van der Waals surface area (Å²) >= 11 is 0. The third-order valence-electron chi connectivity index (χ3n) is 4.59. The zero-order valence-corrected chi connectivity index (χ0v) is 12.4. The average Bonchev–Trinajstić information content (AvgIpc) is 2.95. The minimum atomic E-state index is 0.552. The molecule has 20 heavy (non-hydrogen) atoms. The van der Waals surface area contributed by atoms with Gasteiger partial charge in [0.2, 0.25) is 0 Å². The highest BCUT2D eigenvalue weighted by Gasteiger charge is 2.31. The SMILES string of the molecule is COc1ccc(NC2CCN3CCCC3C2)c(OC)c1. The molecule has 2 fully saturated rings. The second-order valence-corrected chi connectivity index (χ2v) is 5.76. The van der Waals surface area contributed by atoms with E-state index in [9.17, 15) is 0 Å². The summed E-state index contributed by atoms with van der Waals surface area (Å²) in [5.74, 6) is 1.69. The van der Waals surface area contributed by atoms with Crippen molar-refractivity contribution in [1.82, 2.24) is 4.90 Å². The Labute approximate surface area is 121 Å². The molecule has 4 heteroatoms. The van der Waals surface area contributed by atoms with Gasteiger partial charge in [0.25, 0.3) is 0 Å². The molecule has 4 nitrogen and oxygen atoms in total. The van der Waals surface area contributed by atoms with Crippen LogP contribution in [-0.2, 0) is 0 Å². The van der Waals surface area contributed by atoms with Crippen molar-refractivity contribution in [3.8, 4) is 11.5 Å². The topological polar surface area (TPSA) is 33.7 Å². The normalized spacial score (nSPS) is 26.1. The maximum atomic E-state index is 5.46. The molecule has 0 saturated carbocycles. The van der Waals surface area contributed by atoms with Gasteiger partial charge in [0, 0.05) is 24.7 Å². The summed E-state index contributed by atoms with van der Waals surface area (Å²) in [6, 6.07) is 7.31. The van der Waals surface area contributed by atoms with Gasteiger partial charge in [-0.05, 0) is 44.4 Å². The number of hydrogen-bond donors (Lipinski definition) is 1. The van der Waals surface area contributed by atoms with Crippen molar-refractivity contribution in [2.45, 2.75) is 37.8 Å². The van der Waals surface area contributed by atoms with Crippen LogP contribution in [0.15, 0.2) is 18.2 Å². The molecule has 110 valence electrons. The second kappa shape index (κ2) is 5.92. The highest BCUT2D eigenvalue weighted by Crippen LogP contribution is 2.33. The summed E-state index contributed by atoms with van der Waals surface area (Å²) in [5, 5.41) is 3.66. The van der Waals surface area contributed by atoms with E-state index >= 15 is 0 Å². The summed E-state index contributed by atoms with van der Waals surface area (Å²) in [7, 11) is 3.39. The molecule has 2 aliphatic rings. The van der Waals surface area contributed by atoms with Gasteiger partial charge in [-0.2, -0.15) is 0 Å². The number of benzene rings is 1. The van der Waals surface area contributed by atoms with Crippen LogP contribution in [0.4, 0.5) is 5.69 Å². The van der Waals surface area contributed by atoms with Gasteiger partial charge < -0.3 is 19.7 Å². The largest absolute Gasteiger partial charge is 0.497 e. The molecule has 0 radical (unpaired) electrons. The van der Waals surface area contributed by atoms with Crippen molar-refractivity contribution in [2.75, 3.05) is 32.6 Å². The van der Waals surface area contributed by atoms with Crippen molar-refractivity contribution in [3.63, 3.8) is 0 Å². The Morgan fingerprint density at radius 2 is 2.05 bits per heavy atom. The molecule has 0 aliphatic carbocycles. The predicted molar refractivity (Wildman–Crippen MR) is 80.8 cm³/mol.